The fraction of sp³-hybridized carbons (Fsp3) is 0.125. The first-order valence-electron chi connectivity index (χ1n) is 6.21. The molecule has 5 heteroatoms. The Bertz CT molecular complexity index is 780. The molecule has 2 aromatic carbocycles. The number of methoxy groups -OCH3 is 2. The maximum Gasteiger partial charge on any atom is 0.194 e. The lowest BCUT2D eigenvalue weighted by atomic mass is 9.84. The van der Waals surface area contributed by atoms with Crippen molar-refractivity contribution in [3.05, 3.63) is 57.1 Å². The van der Waals surface area contributed by atoms with E-state index in [0.717, 1.165) is 4.47 Å². The summed E-state index contributed by atoms with van der Waals surface area (Å²) in [6, 6.07) is 8.17. The van der Waals surface area contributed by atoms with Crippen LogP contribution in [0.5, 0.6) is 11.5 Å². The molecule has 0 saturated heterocycles. The Morgan fingerprint density at radius 3 is 1.76 bits per heavy atom. The molecule has 0 unspecified atom stereocenters. The number of rotatable bonds is 2. The highest BCUT2D eigenvalue weighted by Gasteiger charge is 2.31. The smallest absolute Gasteiger partial charge is 0.194 e. The fourth-order valence-corrected chi connectivity index (χ4v) is 2.81. The van der Waals surface area contributed by atoms with E-state index in [9.17, 15) is 9.59 Å². The van der Waals surface area contributed by atoms with Crippen LogP contribution in [0.15, 0.2) is 34.8 Å². The molecule has 0 atom stereocenters. The van der Waals surface area contributed by atoms with Crippen molar-refractivity contribution in [1.29, 1.82) is 0 Å². The summed E-state index contributed by atoms with van der Waals surface area (Å²) in [5.74, 6) is 0.476. The van der Waals surface area contributed by atoms with Gasteiger partial charge in [-0.2, -0.15) is 0 Å². The van der Waals surface area contributed by atoms with Crippen LogP contribution in [0.25, 0.3) is 0 Å². The molecule has 21 heavy (non-hydrogen) atoms. The maximum atomic E-state index is 12.6. The van der Waals surface area contributed by atoms with Gasteiger partial charge < -0.3 is 9.47 Å². The van der Waals surface area contributed by atoms with Crippen LogP contribution in [0.3, 0.4) is 0 Å². The van der Waals surface area contributed by atoms with E-state index in [1.165, 1.54) is 14.2 Å². The molecular weight excluding hydrogens is 336 g/mol. The second-order valence-electron chi connectivity index (χ2n) is 4.60. The van der Waals surface area contributed by atoms with Gasteiger partial charge in [-0.15, -0.1) is 0 Å². The molecular formula is C16H11BrO4. The van der Waals surface area contributed by atoms with E-state index in [1.807, 2.05) is 0 Å². The average molecular weight is 347 g/mol. The topological polar surface area (TPSA) is 52.6 Å². The third-order valence-corrected chi connectivity index (χ3v) is 3.98. The summed E-state index contributed by atoms with van der Waals surface area (Å²) < 4.78 is 11.2. The summed E-state index contributed by atoms with van der Waals surface area (Å²) >= 11 is 3.32. The lowest BCUT2D eigenvalue weighted by Crippen LogP contribution is -2.21. The number of benzene rings is 2. The number of ether oxygens (including phenoxy) is 2. The van der Waals surface area contributed by atoms with Crippen LogP contribution >= 0.6 is 15.9 Å². The third-order valence-electron chi connectivity index (χ3n) is 3.48. The normalized spacial score (nSPS) is 12.7. The predicted molar refractivity (Wildman–Crippen MR) is 80.6 cm³/mol. The molecule has 0 amide bonds. The second kappa shape index (κ2) is 5.00. The van der Waals surface area contributed by atoms with Crippen molar-refractivity contribution < 1.29 is 19.1 Å². The minimum Gasteiger partial charge on any atom is -0.493 e. The molecule has 0 bridgehead atoms. The van der Waals surface area contributed by atoms with Crippen LogP contribution in [-0.2, 0) is 0 Å². The van der Waals surface area contributed by atoms with Crippen molar-refractivity contribution in [1.82, 2.24) is 0 Å². The molecule has 2 aromatic rings. The fourth-order valence-electron chi connectivity index (χ4n) is 2.45. The van der Waals surface area contributed by atoms with E-state index in [4.69, 9.17) is 9.47 Å². The molecule has 0 fully saturated rings. The van der Waals surface area contributed by atoms with Gasteiger partial charge in [-0.25, -0.2) is 0 Å². The van der Waals surface area contributed by atoms with Gasteiger partial charge in [-0.3, -0.25) is 9.59 Å². The molecule has 106 valence electrons. The zero-order valence-corrected chi connectivity index (χ0v) is 13.0. The van der Waals surface area contributed by atoms with Crippen molar-refractivity contribution in [2.24, 2.45) is 0 Å². The summed E-state index contributed by atoms with van der Waals surface area (Å²) in [7, 11) is 2.98. The number of carbonyl (C=O) groups excluding carboxylic acids is 2. The first-order valence-corrected chi connectivity index (χ1v) is 7.01. The van der Waals surface area contributed by atoms with Gasteiger partial charge in [-0.1, -0.05) is 15.9 Å². The minimum atomic E-state index is -0.193. The van der Waals surface area contributed by atoms with Crippen molar-refractivity contribution in [3.63, 3.8) is 0 Å². The second-order valence-corrected chi connectivity index (χ2v) is 5.52. The number of hydrogen-bond donors (Lipinski definition) is 0. The van der Waals surface area contributed by atoms with E-state index >= 15 is 0 Å². The highest BCUT2D eigenvalue weighted by Crippen LogP contribution is 2.36. The van der Waals surface area contributed by atoms with Crippen LogP contribution in [-0.4, -0.2) is 25.8 Å². The number of halogens is 1. The van der Waals surface area contributed by atoms with Gasteiger partial charge in [0.15, 0.2) is 23.1 Å². The molecule has 1 aliphatic carbocycles. The Kier molecular flexibility index (Phi) is 3.29. The lowest BCUT2D eigenvalue weighted by molar-refractivity contribution is 0.0978. The predicted octanol–water partition coefficient (Wildman–Crippen LogP) is 3.24. The zero-order valence-electron chi connectivity index (χ0n) is 11.4. The van der Waals surface area contributed by atoms with Crippen LogP contribution in [0.2, 0.25) is 0 Å². The Hall–Kier alpha value is -2.14. The Morgan fingerprint density at radius 2 is 1.24 bits per heavy atom. The van der Waals surface area contributed by atoms with E-state index in [1.54, 1.807) is 30.3 Å². The quantitative estimate of drug-likeness (QED) is 0.714. The van der Waals surface area contributed by atoms with Gasteiger partial charge in [0.25, 0.3) is 0 Å². The summed E-state index contributed by atoms with van der Waals surface area (Å²) in [5, 5.41) is 0. The highest BCUT2D eigenvalue weighted by molar-refractivity contribution is 9.10. The summed E-state index contributed by atoms with van der Waals surface area (Å²) in [6.45, 7) is 0. The molecule has 0 N–H and O–H groups in total. The van der Waals surface area contributed by atoms with Gasteiger partial charge in [-0.05, 0) is 30.3 Å². The average Bonchev–Trinajstić information content (AvgIpc) is 2.51. The van der Waals surface area contributed by atoms with Crippen LogP contribution in [0.1, 0.15) is 31.8 Å². The SMILES string of the molecule is COc1cc2c(cc1OC)C(=O)c1cc(Br)ccc1C2=O. The van der Waals surface area contributed by atoms with Crippen molar-refractivity contribution >= 4 is 27.5 Å². The molecule has 1 aliphatic rings. The first-order chi connectivity index (χ1) is 10.1. The van der Waals surface area contributed by atoms with E-state index in [2.05, 4.69) is 15.9 Å². The molecule has 0 heterocycles. The number of fused-ring (bicyclic) bond motifs is 2. The summed E-state index contributed by atoms with van der Waals surface area (Å²) in [4.78, 5) is 25.2. The van der Waals surface area contributed by atoms with Gasteiger partial charge in [0.2, 0.25) is 0 Å². The van der Waals surface area contributed by atoms with Crippen molar-refractivity contribution in [3.8, 4) is 11.5 Å². The van der Waals surface area contributed by atoms with Crippen LogP contribution < -0.4 is 9.47 Å². The summed E-state index contributed by atoms with van der Waals surface area (Å²) in [5.41, 5.74) is 1.48. The Morgan fingerprint density at radius 1 is 0.762 bits per heavy atom. The van der Waals surface area contributed by atoms with E-state index < -0.39 is 0 Å². The molecule has 0 spiro atoms. The first kappa shape index (κ1) is 13.8. The molecule has 4 nitrogen and oxygen atoms in total. The number of carbonyl (C=O) groups is 2. The molecule has 0 aromatic heterocycles. The Balaban J connectivity index is 2.27. The standard InChI is InChI=1S/C16H11BrO4/c1-20-13-6-11-12(7-14(13)21-2)16(19)10-5-8(17)3-4-9(10)15(11)18/h3-7H,1-2H3. The highest BCUT2D eigenvalue weighted by atomic mass is 79.9. The largest absolute Gasteiger partial charge is 0.493 e. The summed E-state index contributed by atoms with van der Waals surface area (Å²) in [6.07, 6.45) is 0. The molecule has 0 radical (unpaired) electrons. The van der Waals surface area contributed by atoms with Gasteiger partial charge in [0, 0.05) is 26.7 Å². The van der Waals surface area contributed by atoms with Crippen LogP contribution in [0.4, 0.5) is 0 Å². The van der Waals surface area contributed by atoms with Crippen molar-refractivity contribution in [2.45, 2.75) is 0 Å². The van der Waals surface area contributed by atoms with Gasteiger partial charge >= 0.3 is 0 Å². The lowest BCUT2D eigenvalue weighted by Gasteiger charge is -2.19. The van der Waals surface area contributed by atoms with Gasteiger partial charge in [0.1, 0.15) is 0 Å². The minimum absolute atomic E-state index is 0.187. The van der Waals surface area contributed by atoms with Gasteiger partial charge in [0.05, 0.1) is 14.2 Å². The number of hydrogen-bond acceptors (Lipinski definition) is 4. The molecule has 3 rings (SSSR count). The Labute approximate surface area is 129 Å². The van der Waals surface area contributed by atoms with Crippen LogP contribution in [0, 0.1) is 0 Å². The van der Waals surface area contributed by atoms with Crippen molar-refractivity contribution in [2.75, 3.05) is 14.2 Å². The third kappa shape index (κ3) is 2.05. The monoisotopic (exact) mass is 346 g/mol. The maximum absolute atomic E-state index is 12.6. The zero-order chi connectivity index (χ0) is 15.1. The number of ketones is 2. The van der Waals surface area contributed by atoms with E-state index in [-0.39, 0.29) is 11.6 Å². The molecule has 0 saturated carbocycles. The molecule has 0 aliphatic heterocycles. The van der Waals surface area contributed by atoms with E-state index in [0.29, 0.717) is 33.8 Å².